The van der Waals surface area contributed by atoms with Crippen molar-refractivity contribution in [3.63, 3.8) is 0 Å². The van der Waals surface area contributed by atoms with Crippen LogP contribution >= 0.6 is 15.9 Å². The normalized spacial score (nSPS) is 11.0. The van der Waals surface area contributed by atoms with Crippen LogP contribution in [0.2, 0.25) is 0 Å². The first-order valence-electron chi connectivity index (χ1n) is 6.35. The molecule has 0 atom stereocenters. The number of nitro groups is 1. The molecule has 1 aromatic heterocycles. The van der Waals surface area contributed by atoms with Crippen LogP contribution in [0.4, 0.5) is 24.5 Å². The van der Waals surface area contributed by atoms with Gasteiger partial charge in [-0.25, -0.2) is 0 Å². The van der Waals surface area contributed by atoms with Gasteiger partial charge in [0.1, 0.15) is 6.07 Å². The van der Waals surface area contributed by atoms with Gasteiger partial charge in [-0.15, -0.1) is 0 Å². The van der Waals surface area contributed by atoms with Crippen LogP contribution in [-0.4, -0.2) is 20.6 Å². The van der Waals surface area contributed by atoms with Gasteiger partial charge < -0.3 is 5.32 Å². The number of amides is 1. The molecule has 0 radical (unpaired) electrons. The second kappa shape index (κ2) is 6.52. The largest absolute Gasteiger partial charge is 0.434 e. The number of aryl methyl sites for hydroxylation is 1. The van der Waals surface area contributed by atoms with Gasteiger partial charge in [-0.1, -0.05) is 0 Å². The zero-order valence-corrected chi connectivity index (χ0v) is 13.8. The van der Waals surface area contributed by atoms with Crippen LogP contribution in [0.5, 0.6) is 0 Å². The fraction of sp³-hybridized carbons (Fsp3) is 0.154. The van der Waals surface area contributed by atoms with E-state index in [0.29, 0.717) is 4.68 Å². The Bertz CT molecular complexity index is 917. The van der Waals surface area contributed by atoms with Crippen molar-refractivity contribution >= 4 is 33.2 Å². The Morgan fingerprint density at radius 3 is 2.60 bits per heavy atom. The Labute approximate surface area is 146 Å². The summed E-state index contributed by atoms with van der Waals surface area (Å²) in [4.78, 5) is 22.1. The summed E-state index contributed by atoms with van der Waals surface area (Å²) in [6, 6.07) is 4.76. The third kappa shape index (κ3) is 3.61. The lowest BCUT2D eigenvalue weighted by Gasteiger charge is -2.07. The summed E-state index contributed by atoms with van der Waals surface area (Å²) in [6.07, 6.45) is -4.73. The standard InChI is InChI=1S/C13H7BrF3N5O3/c1-21-11(13(15,16)17)9(14)10(20-21)12(23)19-8-3-2-7(22(24)25)4-6(8)5-18/h2-4H,1H3,(H,19,23). The number of hydrogen-bond donors (Lipinski definition) is 1. The number of nitrogens with one attached hydrogen (secondary N) is 1. The molecule has 0 saturated heterocycles. The van der Waals surface area contributed by atoms with E-state index in [1.807, 2.05) is 0 Å². The predicted molar refractivity (Wildman–Crippen MR) is 81.7 cm³/mol. The van der Waals surface area contributed by atoms with Gasteiger partial charge in [0.05, 0.1) is 20.6 Å². The highest BCUT2D eigenvalue weighted by atomic mass is 79.9. The molecular formula is C13H7BrF3N5O3. The molecule has 2 aromatic rings. The van der Waals surface area contributed by atoms with Crippen LogP contribution in [0, 0.1) is 21.4 Å². The summed E-state index contributed by atoms with van der Waals surface area (Å²) < 4.78 is 38.7. The van der Waals surface area contributed by atoms with Crippen molar-refractivity contribution < 1.29 is 22.9 Å². The molecule has 0 aliphatic rings. The number of nitrogens with zero attached hydrogens (tertiary/aromatic N) is 4. The molecular weight excluding hydrogens is 411 g/mol. The van der Waals surface area contributed by atoms with Crippen LogP contribution < -0.4 is 5.32 Å². The number of carbonyl (C=O) groups excluding carboxylic acids is 1. The molecule has 8 nitrogen and oxygen atoms in total. The van der Waals surface area contributed by atoms with E-state index in [2.05, 4.69) is 26.3 Å². The van der Waals surface area contributed by atoms with Crippen molar-refractivity contribution in [3.8, 4) is 6.07 Å². The summed E-state index contributed by atoms with van der Waals surface area (Å²) in [5, 5.41) is 25.4. The molecule has 1 amide bonds. The Morgan fingerprint density at radius 1 is 1.48 bits per heavy atom. The third-order valence-electron chi connectivity index (χ3n) is 3.06. The number of alkyl halides is 3. The zero-order chi connectivity index (χ0) is 18.9. The lowest BCUT2D eigenvalue weighted by atomic mass is 10.1. The smallest absolute Gasteiger partial charge is 0.319 e. The van der Waals surface area contributed by atoms with E-state index in [-0.39, 0.29) is 16.9 Å². The highest BCUT2D eigenvalue weighted by Crippen LogP contribution is 2.36. The zero-order valence-electron chi connectivity index (χ0n) is 12.3. The average Bonchev–Trinajstić information content (AvgIpc) is 2.82. The molecule has 1 N–H and O–H groups in total. The number of nitro benzene ring substituents is 1. The molecule has 0 unspecified atom stereocenters. The monoisotopic (exact) mass is 417 g/mol. The molecule has 0 fully saturated rings. The number of rotatable bonds is 3. The fourth-order valence-electron chi connectivity index (χ4n) is 1.98. The number of carbonyl (C=O) groups is 1. The SMILES string of the molecule is Cn1nc(C(=O)Nc2ccc([N+](=O)[O-])cc2C#N)c(Br)c1C(F)(F)F. The van der Waals surface area contributed by atoms with Gasteiger partial charge in [-0.2, -0.15) is 23.5 Å². The van der Waals surface area contributed by atoms with Crippen molar-refractivity contribution in [2.45, 2.75) is 6.18 Å². The Kier molecular flexibility index (Phi) is 4.80. The molecule has 0 bridgehead atoms. The average molecular weight is 418 g/mol. The summed E-state index contributed by atoms with van der Waals surface area (Å²) in [7, 11) is 1.02. The van der Waals surface area contributed by atoms with Gasteiger partial charge in [-0.3, -0.25) is 19.6 Å². The fourth-order valence-corrected chi connectivity index (χ4v) is 2.72. The molecule has 0 saturated carbocycles. The molecule has 130 valence electrons. The molecule has 1 aromatic carbocycles. The molecule has 1 heterocycles. The van der Waals surface area contributed by atoms with Gasteiger partial charge in [0.2, 0.25) is 0 Å². The Morgan fingerprint density at radius 2 is 2.12 bits per heavy atom. The number of aromatic nitrogens is 2. The van der Waals surface area contributed by atoms with Gasteiger partial charge in [0.25, 0.3) is 11.6 Å². The lowest BCUT2D eigenvalue weighted by molar-refractivity contribution is -0.384. The van der Waals surface area contributed by atoms with E-state index in [4.69, 9.17) is 5.26 Å². The van der Waals surface area contributed by atoms with E-state index in [9.17, 15) is 28.1 Å². The van der Waals surface area contributed by atoms with E-state index >= 15 is 0 Å². The maximum atomic E-state index is 12.9. The number of hydrogen-bond acceptors (Lipinski definition) is 5. The second-order valence-electron chi connectivity index (χ2n) is 4.69. The van der Waals surface area contributed by atoms with Crippen molar-refractivity contribution in [1.29, 1.82) is 5.26 Å². The number of non-ortho nitro benzene ring substituents is 1. The maximum absolute atomic E-state index is 12.9. The molecule has 12 heteroatoms. The Hall–Kier alpha value is -2.94. The molecule has 0 aliphatic heterocycles. The van der Waals surface area contributed by atoms with E-state index in [1.54, 1.807) is 6.07 Å². The number of anilines is 1. The molecule has 0 spiro atoms. The second-order valence-corrected chi connectivity index (χ2v) is 5.48. The summed E-state index contributed by atoms with van der Waals surface area (Å²) in [5.74, 6) is -1.01. The number of halogens is 4. The van der Waals surface area contributed by atoms with Crippen molar-refractivity contribution in [2.24, 2.45) is 7.05 Å². The van der Waals surface area contributed by atoms with E-state index in [1.165, 1.54) is 0 Å². The van der Waals surface area contributed by atoms with Gasteiger partial charge in [0.15, 0.2) is 11.4 Å². The summed E-state index contributed by atoms with van der Waals surface area (Å²) in [5.41, 5.74) is -2.37. The number of nitriles is 1. The topological polar surface area (TPSA) is 114 Å². The third-order valence-corrected chi connectivity index (χ3v) is 3.81. The van der Waals surface area contributed by atoms with Crippen molar-refractivity contribution in [3.05, 3.63) is 49.7 Å². The van der Waals surface area contributed by atoms with Crippen LogP contribution in [0.3, 0.4) is 0 Å². The highest BCUT2D eigenvalue weighted by molar-refractivity contribution is 9.10. The quantitative estimate of drug-likeness (QED) is 0.608. The van der Waals surface area contributed by atoms with Crippen LogP contribution in [0.15, 0.2) is 22.7 Å². The summed E-state index contributed by atoms with van der Waals surface area (Å²) in [6.45, 7) is 0. The first kappa shape index (κ1) is 18.4. The molecule has 25 heavy (non-hydrogen) atoms. The van der Waals surface area contributed by atoms with Gasteiger partial charge in [-0.05, 0) is 22.0 Å². The van der Waals surface area contributed by atoms with Crippen LogP contribution in [0.1, 0.15) is 21.7 Å². The van der Waals surface area contributed by atoms with Gasteiger partial charge in [0, 0.05) is 19.2 Å². The van der Waals surface area contributed by atoms with Gasteiger partial charge >= 0.3 is 6.18 Å². The van der Waals surface area contributed by atoms with Crippen molar-refractivity contribution in [1.82, 2.24) is 9.78 Å². The summed E-state index contributed by atoms with van der Waals surface area (Å²) >= 11 is 2.70. The first-order valence-corrected chi connectivity index (χ1v) is 7.15. The molecule has 0 aliphatic carbocycles. The minimum absolute atomic E-state index is 0.0933. The van der Waals surface area contributed by atoms with Crippen LogP contribution in [-0.2, 0) is 13.2 Å². The van der Waals surface area contributed by atoms with Crippen LogP contribution in [0.25, 0.3) is 0 Å². The highest BCUT2D eigenvalue weighted by Gasteiger charge is 2.39. The van der Waals surface area contributed by atoms with E-state index in [0.717, 1.165) is 25.2 Å². The minimum atomic E-state index is -4.73. The lowest BCUT2D eigenvalue weighted by Crippen LogP contribution is -2.14. The first-order chi connectivity index (χ1) is 11.6. The van der Waals surface area contributed by atoms with E-state index < -0.39 is 32.9 Å². The Balaban J connectivity index is 2.39. The minimum Gasteiger partial charge on any atom is -0.319 e. The van der Waals surface area contributed by atoms with Crippen molar-refractivity contribution in [2.75, 3.05) is 5.32 Å². The maximum Gasteiger partial charge on any atom is 0.434 e. The number of benzene rings is 1. The molecule has 2 rings (SSSR count). The predicted octanol–water partition coefficient (Wildman–Crippen LogP) is 3.23.